The zero-order valence-corrected chi connectivity index (χ0v) is 18.0. The maximum absolute atomic E-state index is 12.7. The second-order valence-corrected chi connectivity index (χ2v) is 8.41. The van der Waals surface area contributed by atoms with Crippen LogP contribution in [0.5, 0.6) is 0 Å². The Morgan fingerprint density at radius 3 is 2.83 bits per heavy atom. The van der Waals surface area contributed by atoms with E-state index in [1.807, 2.05) is 44.7 Å². The molecule has 8 heteroatoms. The minimum absolute atomic E-state index is 0.0496. The molecule has 2 atom stereocenters. The van der Waals surface area contributed by atoms with Crippen molar-refractivity contribution in [3.63, 3.8) is 0 Å². The molecule has 0 radical (unpaired) electrons. The lowest BCUT2D eigenvalue weighted by Crippen LogP contribution is -2.57. The predicted octanol–water partition coefficient (Wildman–Crippen LogP) is 3.66. The Bertz CT molecular complexity index is 627. The Labute approximate surface area is 173 Å². The number of hydrogen-bond acceptors (Lipinski definition) is 5. The number of hydrogen-bond donors (Lipinski definition) is 2. The average Bonchev–Trinajstić information content (AvgIpc) is 3.16. The fraction of sp³-hybridized carbons (Fsp3) is 0.714. The number of rotatable bonds is 8. The van der Waals surface area contributed by atoms with Crippen molar-refractivity contribution in [2.24, 2.45) is 0 Å². The van der Waals surface area contributed by atoms with E-state index in [2.05, 4.69) is 10.6 Å². The van der Waals surface area contributed by atoms with Crippen LogP contribution >= 0.6 is 0 Å². The Morgan fingerprint density at radius 2 is 2.14 bits per heavy atom. The molecule has 1 aromatic rings. The van der Waals surface area contributed by atoms with Crippen molar-refractivity contribution in [3.8, 4) is 0 Å². The van der Waals surface area contributed by atoms with Crippen molar-refractivity contribution >= 4 is 12.1 Å². The highest BCUT2D eigenvalue weighted by Crippen LogP contribution is 2.20. The lowest BCUT2D eigenvalue weighted by atomic mass is 9.97. The molecule has 2 N–H and O–H groups in total. The van der Waals surface area contributed by atoms with Crippen molar-refractivity contribution in [1.29, 1.82) is 0 Å². The third kappa shape index (κ3) is 8.35. The van der Waals surface area contributed by atoms with Gasteiger partial charge in [-0.1, -0.05) is 0 Å². The van der Waals surface area contributed by atoms with Gasteiger partial charge >= 0.3 is 12.1 Å². The van der Waals surface area contributed by atoms with E-state index in [-0.39, 0.29) is 18.1 Å². The average molecular weight is 410 g/mol. The number of carbonyl (C=O) groups excluding carboxylic acids is 2. The van der Waals surface area contributed by atoms with Crippen molar-refractivity contribution in [2.75, 3.05) is 19.7 Å². The molecule has 0 aromatic carbocycles. The normalized spacial score (nSPS) is 18.2. The summed E-state index contributed by atoms with van der Waals surface area (Å²) in [6.45, 7) is 9.61. The standard InChI is InChI=1S/C21H35N3O5/c1-16(23-20(26)29-21(2,3)4)18-10-5-6-12-24(18)19(25)22-11-8-13-27-15-17-9-7-14-28-17/h7,9,14,16,18H,5-6,8,10-13,15H2,1-4H3,(H,22,25)(H,23,26)/t16-,18+/m0/s1. The van der Waals surface area contributed by atoms with Crippen LogP contribution in [0.4, 0.5) is 9.59 Å². The summed E-state index contributed by atoms with van der Waals surface area (Å²) in [5, 5.41) is 5.84. The number of ether oxygens (including phenoxy) is 2. The van der Waals surface area contributed by atoms with E-state index in [0.29, 0.717) is 26.3 Å². The summed E-state index contributed by atoms with van der Waals surface area (Å²) in [7, 11) is 0. The first kappa shape index (κ1) is 23.1. The van der Waals surface area contributed by atoms with Crippen molar-refractivity contribution in [3.05, 3.63) is 24.2 Å². The highest BCUT2D eigenvalue weighted by Gasteiger charge is 2.32. The summed E-state index contributed by atoms with van der Waals surface area (Å²) in [6.07, 6.45) is 4.75. The van der Waals surface area contributed by atoms with Gasteiger partial charge in [-0.3, -0.25) is 0 Å². The van der Waals surface area contributed by atoms with E-state index in [1.165, 1.54) is 0 Å². The number of likely N-dealkylation sites (tertiary alicyclic amines) is 1. The molecule has 164 valence electrons. The van der Waals surface area contributed by atoms with E-state index in [4.69, 9.17) is 13.9 Å². The highest BCUT2D eigenvalue weighted by atomic mass is 16.6. The van der Waals surface area contributed by atoms with Gasteiger partial charge in [0.1, 0.15) is 18.0 Å². The molecule has 0 unspecified atom stereocenters. The van der Waals surface area contributed by atoms with Crippen LogP contribution < -0.4 is 10.6 Å². The second kappa shape index (κ2) is 11.1. The van der Waals surface area contributed by atoms with Gasteiger partial charge in [0.2, 0.25) is 0 Å². The van der Waals surface area contributed by atoms with E-state index < -0.39 is 11.7 Å². The largest absolute Gasteiger partial charge is 0.467 e. The van der Waals surface area contributed by atoms with Gasteiger partial charge in [-0.2, -0.15) is 0 Å². The van der Waals surface area contributed by atoms with Crippen molar-refractivity contribution < 1.29 is 23.5 Å². The molecular weight excluding hydrogens is 374 g/mol. The fourth-order valence-corrected chi connectivity index (χ4v) is 3.36. The molecular formula is C21H35N3O5. The number of urea groups is 1. The molecule has 1 aliphatic rings. The second-order valence-electron chi connectivity index (χ2n) is 8.41. The Balaban J connectivity index is 1.72. The number of amides is 3. The van der Waals surface area contributed by atoms with Gasteiger partial charge < -0.3 is 29.4 Å². The van der Waals surface area contributed by atoms with Crippen LogP contribution in [-0.2, 0) is 16.1 Å². The molecule has 0 saturated carbocycles. The van der Waals surface area contributed by atoms with E-state index in [0.717, 1.165) is 31.4 Å². The molecule has 2 rings (SSSR count). The zero-order chi connectivity index (χ0) is 21.3. The first-order valence-electron chi connectivity index (χ1n) is 10.4. The van der Waals surface area contributed by atoms with Crippen LogP contribution in [0.1, 0.15) is 59.1 Å². The lowest BCUT2D eigenvalue weighted by molar-refractivity contribution is 0.0461. The smallest absolute Gasteiger partial charge is 0.407 e. The van der Waals surface area contributed by atoms with Gasteiger partial charge in [-0.25, -0.2) is 9.59 Å². The van der Waals surface area contributed by atoms with Crippen molar-refractivity contribution in [2.45, 2.75) is 77.7 Å². The number of furan rings is 1. The minimum Gasteiger partial charge on any atom is -0.467 e. The summed E-state index contributed by atoms with van der Waals surface area (Å²) < 4.78 is 16.1. The predicted molar refractivity (Wildman–Crippen MR) is 110 cm³/mol. The van der Waals surface area contributed by atoms with Gasteiger partial charge in [0, 0.05) is 25.7 Å². The van der Waals surface area contributed by atoms with E-state index in [9.17, 15) is 9.59 Å². The molecule has 8 nitrogen and oxygen atoms in total. The minimum atomic E-state index is -0.549. The molecule has 2 heterocycles. The number of carbonyl (C=O) groups is 2. The molecule has 29 heavy (non-hydrogen) atoms. The van der Waals surface area contributed by atoms with Gasteiger partial charge in [0.15, 0.2) is 0 Å². The van der Waals surface area contributed by atoms with E-state index in [1.54, 1.807) is 6.26 Å². The summed E-state index contributed by atoms with van der Waals surface area (Å²) in [5.74, 6) is 0.789. The van der Waals surface area contributed by atoms with Gasteiger partial charge in [0.25, 0.3) is 0 Å². The molecule has 3 amide bonds. The van der Waals surface area contributed by atoms with Gasteiger partial charge in [-0.15, -0.1) is 0 Å². The topological polar surface area (TPSA) is 93.0 Å². The number of nitrogens with one attached hydrogen (secondary N) is 2. The Kier molecular flexibility index (Phi) is 8.82. The van der Waals surface area contributed by atoms with Crippen LogP contribution in [0.25, 0.3) is 0 Å². The van der Waals surface area contributed by atoms with Crippen molar-refractivity contribution in [1.82, 2.24) is 15.5 Å². The van der Waals surface area contributed by atoms with E-state index >= 15 is 0 Å². The maximum Gasteiger partial charge on any atom is 0.407 e. The van der Waals surface area contributed by atoms with Gasteiger partial charge in [-0.05, 0) is 65.5 Å². The SMILES string of the molecule is C[C@H](NC(=O)OC(C)(C)C)[C@H]1CCCCN1C(=O)NCCCOCc1ccco1. The Hall–Kier alpha value is -2.22. The molecule has 0 spiro atoms. The summed E-state index contributed by atoms with van der Waals surface area (Å²) in [4.78, 5) is 26.6. The molecule has 1 aliphatic heterocycles. The fourth-order valence-electron chi connectivity index (χ4n) is 3.36. The Morgan fingerprint density at radius 1 is 1.34 bits per heavy atom. The van der Waals surface area contributed by atoms with Crippen LogP contribution in [0.3, 0.4) is 0 Å². The summed E-state index contributed by atoms with van der Waals surface area (Å²) >= 11 is 0. The molecule has 1 fully saturated rings. The summed E-state index contributed by atoms with van der Waals surface area (Å²) in [6, 6.07) is 3.36. The number of alkyl carbamates (subject to hydrolysis) is 1. The highest BCUT2D eigenvalue weighted by molar-refractivity contribution is 5.75. The molecule has 0 aliphatic carbocycles. The lowest BCUT2D eigenvalue weighted by Gasteiger charge is -2.39. The zero-order valence-electron chi connectivity index (χ0n) is 18.0. The first-order chi connectivity index (χ1) is 13.8. The van der Waals surface area contributed by atoms with Crippen LogP contribution in [0, 0.1) is 0 Å². The number of piperidine rings is 1. The van der Waals surface area contributed by atoms with Gasteiger partial charge in [0.05, 0.1) is 12.3 Å². The summed E-state index contributed by atoms with van der Waals surface area (Å²) in [5.41, 5.74) is -0.549. The third-order valence-corrected chi connectivity index (χ3v) is 4.70. The van der Waals surface area contributed by atoms with Crippen LogP contribution in [0.2, 0.25) is 0 Å². The molecule has 1 aromatic heterocycles. The maximum atomic E-state index is 12.7. The molecule has 1 saturated heterocycles. The first-order valence-corrected chi connectivity index (χ1v) is 10.4. The third-order valence-electron chi connectivity index (χ3n) is 4.70. The van der Waals surface area contributed by atoms with Crippen LogP contribution in [0.15, 0.2) is 22.8 Å². The number of nitrogens with zero attached hydrogens (tertiary/aromatic N) is 1. The monoisotopic (exact) mass is 409 g/mol. The molecule has 0 bridgehead atoms. The quantitative estimate of drug-likeness (QED) is 0.639. The van der Waals surface area contributed by atoms with Crippen LogP contribution in [-0.4, -0.2) is 54.4 Å².